The van der Waals surface area contributed by atoms with Crippen molar-refractivity contribution in [3.05, 3.63) is 242 Å². The van der Waals surface area contributed by atoms with Crippen LogP contribution in [0.2, 0.25) is 30.1 Å². The summed E-state index contributed by atoms with van der Waals surface area (Å²) in [6.45, 7) is 0. The molecule has 0 bridgehead atoms. The molecule has 0 spiro atoms. The minimum Gasteiger partial charge on any atom is -0.152 e. The first-order valence-corrected chi connectivity index (χ1v) is 30.5. The summed E-state index contributed by atoms with van der Waals surface area (Å²) in [6.07, 6.45) is 0. The highest BCUT2D eigenvalue weighted by Crippen LogP contribution is 2.43. The van der Waals surface area contributed by atoms with Crippen molar-refractivity contribution in [2.24, 2.45) is 0 Å². The fourth-order valence-electron chi connectivity index (χ4n) is 7.41. The summed E-state index contributed by atoms with van der Waals surface area (Å²) >= 11 is 52.3. The van der Waals surface area contributed by atoms with Gasteiger partial charge in [-0.25, -0.2) is 0 Å². The Bertz CT molecular complexity index is 2190. The normalized spacial score (nSPS) is 11.4. The van der Waals surface area contributed by atoms with Gasteiger partial charge in [-0.1, -0.05) is 179 Å². The maximum atomic E-state index is 6.78. The first-order chi connectivity index (χ1) is 32.3. The highest BCUT2D eigenvalue weighted by Gasteiger charge is 2.25. The molecule has 0 aliphatic carbocycles. The third-order valence-corrected chi connectivity index (χ3v) is 19.2. The molecule has 0 nitrogen and oxygen atoms in total. The van der Waals surface area contributed by atoms with Crippen molar-refractivity contribution >= 4 is 140 Å². The van der Waals surface area contributed by atoms with Crippen LogP contribution in [0.25, 0.3) is 0 Å². The van der Waals surface area contributed by atoms with Crippen molar-refractivity contribution in [1.29, 1.82) is 0 Å². The minimum absolute atomic E-state index is 0.801. The molecule has 7 aromatic rings. The van der Waals surface area contributed by atoms with Crippen LogP contribution in [-0.4, -0.2) is 0 Å². The molecule has 66 heavy (non-hydrogen) atoms. The van der Waals surface area contributed by atoms with E-state index in [4.69, 9.17) is 69.6 Å². The maximum absolute atomic E-state index is 6.78. The van der Waals surface area contributed by atoms with Gasteiger partial charge in [-0.2, -0.15) is 70.6 Å². The Morgan fingerprint density at radius 2 is 0.333 bits per heavy atom. The minimum atomic E-state index is 0.801. The van der Waals surface area contributed by atoms with Crippen LogP contribution in [0.5, 0.6) is 0 Å². The lowest BCUT2D eigenvalue weighted by atomic mass is 9.90. The SMILES string of the molecule is Clc1ccccc1CSCc1c(CSCc2ccccc2Cl)c(CSCc2ccccc2Cl)c(CSCc2ccccc2Cl)c(CSCc2ccccc2Cl)c1CSCc1ccccc1Cl. The quantitative estimate of drug-likeness (QED) is 0.0587. The van der Waals surface area contributed by atoms with Crippen LogP contribution < -0.4 is 0 Å². The molecule has 0 amide bonds. The standard InChI is InChI=1S/C54H48Cl6S6/c55-49-19-7-1-13-37(49)25-61-31-43-44(32-62-26-38-14-2-8-20-50(38)56)46(34-64-28-40-16-4-10-22-52(40)58)48(36-66-30-42-18-6-12-24-54(42)60)47(35-65-29-41-17-5-11-23-53(41)59)45(43)33-63-27-39-15-3-9-21-51(39)57/h1-24H,25-36H2. The van der Waals surface area contributed by atoms with Crippen LogP contribution >= 0.6 is 140 Å². The number of benzene rings is 7. The first-order valence-electron chi connectivity index (χ1n) is 21.3. The van der Waals surface area contributed by atoms with Crippen LogP contribution in [0.3, 0.4) is 0 Å². The van der Waals surface area contributed by atoms with E-state index in [0.717, 1.165) is 133 Å². The topological polar surface area (TPSA) is 0 Å². The van der Waals surface area contributed by atoms with Gasteiger partial charge in [0.2, 0.25) is 0 Å². The van der Waals surface area contributed by atoms with Crippen LogP contribution in [-0.2, 0) is 69.0 Å². The van der Waals surface area contributed by atoms with Gasteiger partial charge in [-0.05, 0) is 103 Å². The number of thioether (sulfide) groups is 6. The molecular formula is C54H48Cl6S6. The van der Waals surface area contributed by atoms with Gasteiger partial charge >= 0.3 is 0 Å². The third kappa shape index (κ3) is 15.2. The van der Waals surface area contributed by atoms with E-state index in [2.05, 4.69) is 72.8 Å². The molecule has 0 aliphatic heterocycles. The fraction of sp³-hybridized carbons (Fsp3) is 0.222. The smallest absolute Gasteiger partial charge is 0.0446 e. The zero-order valence-corrected chi connectivity index (χ0v) is 45.5. The summed E-state index contributed by atoms with van der Waals surface area (Å²) in [5.74, 6) is 9.88. The summed E-state index contributed by atoms with van der Waals surface area (Å²) in [7, 11) is 0. The molecule has 0 N–H and O–H groups in total. The van der Waals surface area contributed by atoms with Gasteiger partial charge in [0.1, 0.15) is 0 Å². The van der Waals surface area contributed by atoms with E-state index >= 15 is 0 Å². The van der Waals surface area contributed by atoms with Crippen molar-refractivity contribution < 1.29 is 0 Å². The Kier molecular flexibility index (Phi) is 21.9. The monoisotopic (exact) mass is 1100 g/mol. The van der Waals surface area contributed by atoms with Gasteiger partial charge in [0, 0.05) is 99.2 Å². The molecule has 0 unspecified atom stereocenters. The number of hydrogen-bond acceptors (Lipinski definition) is 6. The van der Waals surface area contributed by atoms with Gasteiger partial charge in [-0.15, -0.1) is 0 Å². The second kappa shape index (κ2) is 27.7. The molecule has 0 heterocycles. The predicted molar refractivity (Wildman–Crippen MR) is 305 cm³/mol. The van der Waals surface area contributed by atoms with Gasteiger partial charge in [0.05, 0.1) is 0 Å². The Balaban J connectivity index is 1.37. The highest BCUT2D eigenvalue weighted by atomic mass is 35.5. The van der Waals surface area contributed by atoms with E-state index in [1.807, 2.05) is 143 Å². The van der Waals surface area contributed by atoms with E-state index in [0.29, 0.717) is 0 Å². The second-order valence-electron chi connectivity index (χ2n) is 15.4. The fourth-order valence-corrected chi connectivity index (χ4v) is 15.9. The zero-order valence-electron chi connectivity index (χ0n) is 36.1. The van der Waals surface area contributed by atoms with Crippen LogP contribution in [0.15, 0.2) is 146 Å². The Morgan fingerprint density at radius 1 is 0.197 bits per heavy atom. The molecule has 0 fully saturated rings. The van der Waals surface area contributed by atoms with E-state index in [1.165, 1.54) is 33.4 Å². The molecule has 0 aliphatic rings. The van der Waals surface area contributed by atoms with E-state index in [1.54, 1.807) is 0 Å². The van der Waals surface area contributed by atoms with E-state index in [9.17, 15) is 0 Å². The Morgan fingerprint density at radius 3 is 0.470 bits per heavy atom. The molecule has 0 saturated heterocycles. The van der Waals surface area contributed by atoms with E-state index < -0.39 is 0 Å². The van der Waals surface area contributed by atoms with Gasteiger partial charge in [0.25, 0.3) is 0 Å². The summed E-state index contributed by atoms with van der Waals surface area (Å²) in [5, 5.41) is 4.81. The van der Waals surface area contributed by atoms with Crippen LogP contribution in [0.1, 0.15) is 66.8 Å². The lowest BCUT2D eigenvalue weighted by Crippen LogP contribution is -2.12. The molecular weight excluding hydrogens is 1050 g/mol. The van der Waals surface area contributed by atoms with E-state index in [-0.39, 0.29) is 0 Å². The second-order valence-corrected chi connectivity index (χ2v) is 23.7. The number of halogens is 6. The van der Waals surface area contributed by atoms with Gasteiger partial charge in [-0.3, -0.25) is 0 Å². The Labute approximate surface area is 447 Å². The van der Waals surface area contributed by atoms with Crippen LogP contribution in [0, 0.1) is 0 Å². The third-order valence-electron chi connectivity index (χ3n) is 11.0. The molecule has 12 heteroatoms. The van der Waals surface area contributed by atoms with Crippen molar-refractivity contribution in [2.45, 2.75) is 69.0 Å². The lowest BCUT2D eigenvalue weighted by Gasteiger charge is -2.27. The average Bonchev–Trinajstić information content (AvgIpc) is 3.32. The van der Waals surface area contributed by atoms with Crippen LogP contribution in [0.4, 0.5) is 0 Å². The molecule has 7 aromatic carbocycles. The summed E-state index contributed by atoms with van der Waals surface area (Å²) in [4.78, 5) is 0. The van der Waals surface area contributed by atoms with Crippen molar-refractivity contribution in [3.63, 3.8) is 0 Å². The summed E-state index contributed by atoms with van der Waals surface area (Å²) < 4.78 is 0. The van der Waals surface area contributed by atoms with Crippen molar-refractivity contribution in [2.75, 3.05) is 0 Å². The molecule has 0 atom stereocenters. The largest absolute Gasteiger partial charge is 0.152 e. The molecule has 0 saturated carbocycles. The predicted octanol–water partition coefficient (Wildman–Crippen LogP) is 20.2. The van der Waals surface area contributed by atoms with Gasteiger partial charge in [0.15, 0.2) is 0 Å². The molecule has 0 radical (unpaired) electrons. The number of rotatable bonds is 24. The first kappa shape index (κ1) is 52.2. The zero-order chi connectivity index (χ0) is 46.1. The Hall–Kier alpha value is -1.62. The lowest BCUT2D eigenvalue weighted by molar-refractivity contribution is 1.07. The number of hydrogen-bond donors (Lipinski definition) is 0. The highest BCUT2D eigenvalue weighted by molar-refractivity contribution is 7.99. The maximum Gasteiger partial charge on any atom is 0.0446 e. The molecule has 0 aromatic heterocycles. The summed E-state index contributed by atoms with van der Waals surface area (Å²) in [5.41, 5.74) is 15.4. The average molecular weight is 1100 g/mol. The van der Waals surface area contributed by atoms with Crippen molar-refractivity contribution in [1.82, 2.24) is 0 Å². The van der Waals surface area contributed by atoms with Gasteiger partial charge < -0.3 is 0 Å². The van der Waals surface area contributed by atoms with Crippen molar-refractivity contribution in [3.8, 4) is 0 Å². The summed E-state index contributed by atoms with van der Waals surface area (Å²) in [6, 6.07) is 49.2. The molecule has 342 valence electrons. The molecule has 7 rings (SSSR count).